The predicted octanol–water partition coefficient (Wildman–Crippen LogP) is 3.58. The van der Waals surface area contributed by atoms with Gasteiger partial charge >= 0.3 is 5.97 Å². The Morgan fingerprint density at radius 1 is 1.45 bits per heavy atom. The molecule has 20 heavy (non-hydrogen) atoms. The van der Waals surface area contributed by atoms with Gasteiger partial charge in [-0.25, -0.2) is 4.79 Å². The Hall–Kier alpha value is -1.77. The number of nitrogens with zero attached hydrogens (tertiary/aromatic N) is 1. The van der Waals surface area contributed by atoms with Crippen LogP contribution in [-0.2, 0) is 11.2 Å². The number of carboxylic acids is 1. The smallest absolute Gasteiger partial charge is 0.328 e. The van der Waals surface area contributed by atoms with Crippen molar-refractivity contribution in [1.82, 2.24) is 0 Å². The van der Waals surface area contributed by atoms with Crippen LogP contribution in [0.15, 0.2) is 24.3 Å². The van der Waals surface area contributed by atoms with Gasteiger partial charge in [0.25, 0.3) is 0 Å². The summed E-state index contributed by atoms with van der Waals surface area (Å²) < 4.78 is 0. The van der Waals surface area contributed by atoms with Gasteiger partial charge in [0, 0.05) is 24.9 Å². The molecule has 0 aliphatic carbocycles. The summed E-state index contributed by atoms with van der Waals surface area (Å²) in [4.78, 5) is 13.0. The lowest BCUT2D eigenvalue weighted by atomic mass is 9.98. The van der Waals surface area contributed by atoms with E-state index >= 15 is 0 Å². The molecular formula is C17H23NO2. The zero-order valence-corrected chi connectivity index (χ0v) is 12.3. The normalized spacial score (nSPS) is 14.8. The third-order valence-electron chi connectivity index (χ3n) is 3.71. The fourth-order valence-corrected chi connectivity index (χ4v) is 2.61. The van der Waals surface area contributed by atoms with Gasteiger partial charge in [0.2, 0.25) is 0 Å². The maximum atomic E-state index is 10.6. The minimum absolute atomic E-state index is 0.721. The summed E-state index contributed by atoms with van der Waals surface area (Å²) in [6.45, 7) is 6.74. The SMILES string of the molecule is CC(C)CCN1CCCc2cc(C=CC(=O)O)ccc21. The topological polar surface area (TPSA) is 40.5 Å². The average molecular weight is 273 g/mol. The highest BCUT2D eigenvalue weighted by atomic mass is 16.4. The zero-order valence-electron chi connectivity index (χ0n) is 12.3. The van der Waals surface area contributed by atoms with E-state index in [1.165, 1.54) is 30.2 Å². The van der Waals surface area contributed by atoms with Crippen molar-refractivity contribution >= 4 is 17.7 Å². The van der Waals surface area contributed by atoms with E-state index < -0.39 is 5.97 Å². The first-order chi connectivity index (χ1) is 9.56. The molecule has 0 saturated heterocycles. The molecule has 0 unspecified atom stereocenters. The molecular weight excluding hydrogens is 250 g/mol. The summed E-state index contributed by atoms with van der Waals surface area (Å²) >= 11 is 0. The Morgan fingerprint density at radius 3 is 2.95 bits per heavy atom. The summed E-state index contributed by atoms with van der Waals surface area (Å²) in [6, 6.07) is 6.26. The molecule has 108 valence electrons. The predicted molar refractivity (Wildman–Crippen MR) is 83.1 cm³/mol. The van der Waals surface area contributed by atoms with Crippen LogP contribution in [0, 0.1) is 5.92 Å². The number of carboxylic acid groups (broad SMARTS) is 1. The van der Waals surface area contributed by atoms with Gasteiger partial charge in [-0.1, -0.05) is 19.9 Å². The maximum absolute atomic E-state index is 10.6. The Morgan fingerprint density at radius 2 is 2.25 bits per heavy atom. The van der Waals surface area contributed by atoms with E-state index in [9.17, 15) is 4.79 Å². The molecule has 1 N–H and O–H groups in total. The molecule has 3 heteroatoms. The fraction of sp³-hybridized carbons (Fsp3) is 0.471. The monoisotopic (exact) mass is 273 g/mol. The van der Waals surface area contributed by atoms with Crippen molar-refractivity contribution in [1.29, 1.82) is 0 Å². The Kier molecular flexibility index (Phi) is 4.83. The van der Waals surface area contributed by atoms with Crippen molar-refractivity contribution in [3.8, 4) is 0 Å². The van der Waals surface area contributed by atoms with Gasteiger partial charge in [0.1, 0.15) is 0 Å². The fourth-order valence-electron chi connectivity index (χ4n) is 2.61. The van der Waals surface area contributed by atoms with Crippen LogP contribution < -0.4 is 4.90 Å². The Bertz CT molecular complexity index is 506. The standard InChI is InChI=1S/C17H23NO2/c1-13(2)9-11-18-10-3-4-15-12-14(5-7-16(15)18)6-8-17(19)20/h5-8,12-13H,3-4,9-11H2,1-2H3,(H,19,20). The first-order valence-corrected chi connectivity index (χ1v) is 7.35. The number of rotatable bonds is 5. The number of aryl methyl sites for hydroxylation is 1. The van der Waals surface area contributed by atoms with E-state index in [1.807, 2.05) is 6.07 Å². The molecule has 0 saturated carbocycles. The molecule has 1 heterocycles. The number of carbonyl (C=O) groups is 1. The van der Waals surface area contributed by atoms with E-state index in [-0.39, 0.29) is 0 Å². The molecule has 0 bridgehead atoms. The Labute approximate surface area is 120 Å². The van der Waals surface area contributed by atoms with Crippen LogP contribution in [0.1, 0.15) is 37.8 Å². The van der Waals surface area contributed by atoms with Gasteiger partial charge in [0.15, 0.2) is 0 Å². The second-order valence-electron chi connectivity index (χ2n) is 5.83. The second-order valence-corrected chi connectivity index (χ2v) is 5.83. The number of hydrogen-bond acceptors (Lipinski definition) is 2. The molecule has 1 aromatic rings. The highest BCUT2D eigenvalue weighted by Crippen LogP contribution is 2.28. The number of benzene rings is 1. The van der Waals surface area contributed by atoms with E-state index in [4.69, 9.17) is 5.11 Å². The summed E-state index contributed by atoms with van der Waals surface area (Å²) in [5, 5.41) is 8.68. The molecule has 0 atom stereocenters. The molecule has 3 nitrogen and oxygen atoms in total. The summed E-state index contributed by atoms with van der Waals surface area (Å²) in [6.07, 6.45) is 6.33. The number of anilines is 1. The number of fused-ring (bicyclic) bond motifs is 1. The molecule has 0 fully saturated rings. The van der Waals surface area contributed by atoms with Gasteiger partial charge < -0.3 is 10.0 Å². The van der Waals surface area contributed by atoms with Crippen molar-refractivity contribution in [3.05, 3.63) is 35.4 Å². The molecule has 0 amide bonds. The van der Waals surface area contributed by atoms with E-state index in [0.717, 1.165) is 31.0 Å². The third kappa shape index (κ3) is 3.86. The highest BCUT2D eigenvalue weighted by Gasteiger charge is 2.16. The van der Waals surface area contributed by atoms with Crippen LogP contribution in [0.3, 0.4) is 0 Å². The van der Waals surface area contributed by atoms with Crippen LogP contribution >= 0.6 is 0 Å². The van der Waals surface area contributed by atoms with Gasteiger partial charge in [-0.05, 0) is 54.5 Å². The van der Waals surface area contributed by atoms with Crippen LogP contribution in [0.25, 0.3) is 6.08 Å². The minimum atomic E-state index is -0.902. The van der Waals surface area contributed by atoms with Crippen molar-refractivity contribution in [3.63, 3.8) is 0 Å². The maximum Gasteiger partial charge on any atom is 0.328 e. The van der Waals surface area contributed by atoms with Gasteiger partial charge in [0.05, 0.1) is 0 Å². The lowest BCUT2D eigenvalue weighted by molar-refractivity contribution is -0.131. The average Bonchev–Trinajstić information content (AvgIpc) is 2.42. The number of aliphatic carboxylic acids is 1. The first-order valence-electron chi connectivity index (χ1n) is 7.35. The minimum Gasteiger partial charge on any atom is -0.478 e. The van der Waals surface area contributed by atoms with E-state index in [2.05, 4.69) is 30.9 Å². The molecule has 0 aromatic heterocycles. The molecule has 1 aromatic carbocycles. The van der Waals surface area contributed by atoms with Gasteiger partial charge in [-0.15, -0.1) is 0 Å². The third-order valence-corrected chi connectivity index (χ3v) is 3.71. The van der Waals surface area contributed by atoms with E-state index in [0.29, 0.717) is 0 Å². The summed E-state index contributed by atoms with van der Waals surface area (Å²) in [5.41, 5.74) is 3.63. The van der Waals surface area contributed by atoms with E-state index in [1.54, 1.807) is 6.08 Å². The van der Waals surface area contributed by atoms with Crippen molar-refractivity contribution in [2.24, 2.45) is 5.92 Å². The van der Waals surface area contributed by atoms with Crippen LogP contribution in [0.5, 0.6) is 0 Å². The first kappa shape index (κ1) is 14.6. The highest BCUT2D eigenvalue weighted by molar-refractivity contribution is 5.85. The van der Waals surface area contributed by atoms with Crippen LogP contribution in [0.4, 0.5) is 5.69 Å². The molecule has 0 spiro atoms. The van der Waals surface area contributed by atoms with Crippen molar-refractivity contribution < 1.29 is 9.90 Å². The zero-order chi connectivity index (χ0) is 14.5. The lowest BCUT2D eigenvalue weighted by Gasteiger charge is -2.32. The summed E-state index contributed by atoms with van der Waals surface area (Å²) in [5.74, 6) is -0.181. The molecule has 0 radical (unpaired) electrons. The summed E-state index contributed by atoms with van der Waals surface area (Å²) in [7, 11) is 0. The lowest BCUT2D eigenvalue weighted by Crippen LogP contribution is -2.30. The number of hydrogen-bond donors (Lipinski definition) is 1. The van der Waals surface area contributed by atoms with Crippen molar-refractivity contribution in [2.45, 2.75) is 33.1 Å². The molecule has 1 aliphatic heterocycles. The second kappa shape index (κ2) is 6.60. The van der Waals surface area contributed by atoms with Gasteiger partial charge in [-0.3, -0.25) is 0 Å². The largest absolute Gasteiger partial charge is 0.478 e. The quantitative estimate of drug-likeness (QED) is 0.834. The Balaban J connectivity index is 2.15. The van der Waals surface area contributed by atoms with Crippen LogP contribution in [0.2, 0.25) is 0 Å². The van der Waals surface area contributed by atoms with Gasteiger partial charge in [-0.2, -0.15) is 0 Å². The molecule has 1 aliphatic rings. The van der Waals surface area contributed by atoms with Crippen LogP contribution in [-0.4, -0.2) is 24.2 Å². The molecule has 2 rings (SSSR count). The van der Waals surface area contributed by atoms with Crippen molar-refractivity contribution in [2.75, 3.05) is 18.0 Å².